The maximum absolute atomic E-state index is 5.73. The van der Waals surface area contributed by atoms with E-state index in [0.29, 0.717) is 17.0 Å². The molecule has 3 rings (SSSR count). The summed E-state index contributed by atoms with van der Waals surface area (Å²) in [6, 6.07) is 16.2. The Labute approximate surface area is 146 Å². The number of hydrogen-bond acceptors (Lipinski definition) is 5. The van der Waals surface area contributed by atoms with Crippen LogP contribution in [0.3, 0.4) is 0 Å². The van der Waals surface area contributed by atoms with Crippen LogP contribution in [0.5, 0.6) is 5.75 Å². The predicted molar refractivity (Wildman–Crippen MR) is 96.4 cm³/mol. The summed E-state index contributed by atoms with van der Waals surface area (Å²) in [6.45, 7) is 4.39. The second kappa shape index (κ2) is 7.53. The SMILES string of the molecule is COc1ccc(-c2nnc(SCc3ccc(C(C)C)cc3)o2)cc1. The maximum Gasteiger partial charge on any atom is 0.277 e. The molecule has 2 aromatic carbocycles. The summed E-state index contributed by atoms with van der Waals surface area (Å²) in [5.74, 6) is 2.69. The molecule has 1 heterocycles. The van der Waals surface area contributed by atoms with E-state index in [1.807, 2.05) is 24.3 Å². The molecule has 1 aromatic heterocycles. The van der Waals surface area contributed by atoms with Crippen LogP contribution in [0.25, 0.3) is 11.5 Å². The van der Waals surface area contributed by atoms with Crippen LogP contribution in [0.4, 0.5) is 0 Å². The molecule has 0 bridgehead atoms. The Kier molecular flexibility index (Phi) is 5.20. The Morgan fingerprint density at radius 3 is 2.33 bits per heavy atom. The summed E-state index contributed by atoms with van der Waals surface area (Å²) in [5, 5.41) is 8.80. The molecule has 0 atom stereocenters. The lowest BCUT2D eigenvalue weighted by molar-refractivity contribution is 0.414. The molecule has 0 spiro atoms. The van der Waals surface area contributed by atoms with Crippen molar-refractivity contribution >= 4 is 11.8 Å². The third kappa shape index (κ3) is 3.97. The lowest BCUT2D eigenvalue weighted by Gasteiger charge is -2.05. The Hall–Kier alpha value is -2.27. The highest BCUT2D eigenvalue weighted by molar-refractivity contribution is 7.98. The number of aromatic nitrogens is 2. The van der Waals surface area contributed by atoms with Crippen LogP contribution in [0.1, 0.15) is 30.9 Å². The van der Waals surface area contributed by atoms with E-state index in [9.17, 15) is 0 Å². The van der Waals surface area contributed by atoms with Gasteiger partial charge in [-0.15, -0.1) is 10.2 Å². The fourth-order valence-electron chi connectivity index (χ4n) is 2.26. The van der Waals surface area contributed by atoms with Gasteiger partial charge in [-0.25, -0.2) is 0 Å². The van der Waals surface area contributed by atoms with Crippen LogP contribution in [-0.4, -0.2) is 17.3 Å². The van der Waals surface area contributed by atoms with Gasteiger partial charge in [-0.2, -0.15) is 0 Å². The summed E-state index contributed by atoms with van der Waals surface area (Å²) in [7, 11) is 1.64. The van der Waals surface area contributed by atoms with E-state index in [-0.39, 0.29) is 0 Å². The van der Waals surface area contributed by atoms with Crippen LogP contribution in [0, 0.1) is 0 Å². The van der Waals surface area contributed by atoms with Gasteiger partial charge in [0.2, 0.25) is 5.89 Å². The van der Waals surface area contributed by atoms with Gasteiger partial charge in [-0.05, 0) is 41.3 Å². The Morgan fingerprint density at radius 2 is 1.71 bits per heavy atom. The normalized spacial score (nSPS) is 11.0. The Balaban J connectivity index is 1.63. The molecule has 3 aromatic rings. The van der Waals surface area contributed by atoms with Gasteiger partial charge in [-0.1, -0.05) is 49.9 Å². The number of benzene rings is 2. The highest BCUT2D eigenvalue weighted by Crippen LogP contribution is 2.27. The smallest absolute Gasteiger partial charge is 0.277 e. The maximum atomic E-state index is 5.73. The number of methoxy groups -OCH3 is 1. The molecule has 24 heavy (non-hydrogen) atoms. The molecule has 0 N–H and O–H groups in total. The van der Waals surface area contributed by atoms with Gasteiger partial charge in [0.25, 0.3) is 5.22 Å². The van der Waals surface area contributed by atoms with Crippen molar-refractivity contribution in [2.24, 2.45) is 0 Å². The summed E-state index contributed by atoms with van der Waals surface area (Å²) < 4.78 is 10.9. The minimum atomic E-state index is 0.523. The van der Waals surface area contributed by atoms with Crippen LogP contribution in [0.2, 0.25) is 0 Å². The van der Waals surface area contributed by atoms with E-state index in [2.05, 4.69) is 48.3 Å². The molecule has 0 saturated carbocycles. The van der Waals surface area contributed by atoms with Gasteiger partial charge in [0.1, 0.15) is 5.75 Å². The zero-order chi connectivity index (χ0) is 16.9. The van der Waals surface area contributed by atoms with Crippen molar-refractivity contribution < 1.29 is 9.15 Å². The van der Waals surface area contributed by atoms with Crippen molar-refractivity contribution in [3.05, 3.63) is 59.7 Å². The second-order valence-corrected chi connectivity index (χ2v) is 6.71. The molecule has 0 aliphatic carbocycles. The van der Waals surface area contributed by atoms with Gasteiger partial charge < -0.3 is 9.15 Å². The molecule has 124 valence electrons. The van der Waals surface area contributed by atoms with Gasteiger partial charge in [0.15, 0.2) is 0 Å². The van der Waals surface area contributed by atoms with Crippen molar-refractivity contribution in [2.45, 2.75) is 30.7 Å². The first-order valence-electron chi connectivity index (χ1n) is 7.85. The average Bonchev–Trinajstić information content (AvgIpc) is 3.09. The highest BCUT2D eigenvalue weighted by atomic mass is 32.2. The third-order valence-electron chi connectivity index (χ3n) is 3.75. The van der Waals surface area contributed by atoms with Gasteiger partial charge in [0.05, 0.1) is 7.11 Å². The first-order valence-corrected chi connectivity index (χ1v) is 8.84. The van der Waals surface area contributed by atoms with Crippen molar-refractivity contribution in [3.63, 3.8) is 0 Å². The van der Waals surface area contributed by atoms with E-state index in [1.54, 1.807) is 18.9 Å². The number of thioether (sulfide) groups is 1. The summed E-state index contributed by atoms with van der Waals surface area (Å²) in [6.07, 6.45) is 0. The first kappa shape index (κ1) is 16.6. The van der Waals surface area contributed by atoms with E-state index in [1.165, 1.54) is 11.1 Å². The summed E-state index contributed by atoms with van der Waals surface area (Å²) in [4.78, 5) is 0. The fraction of sp³-hybridized carbons (Fsp3) is 0.263. The summed E-state index contributed by atoms with van der Waals surface area (Å²) >= 11 is 1.55. The molecular weight excluding hydrogens is 320 g/mol. The fourth-order valence-corrected chi connectivity index (χ4v) is 2.98. The average molecular weight is 340 g/mol. The number of ether oxygens (including phenoxy) is 1. The first-order chi connectivity index (χ1) is 11.7. The molecule has 5 heteroatoms. The third-order valence-corrected chi connectivity index (χ3v) is 4.64. The molecule has 0 amide bonds. The van der Waals surface area contributed by atoms with Crippen molar-refractivity contribution in [1.29, 1.82) is 0 Å². The van der Waals surface area contributed by atoms with Gasteiger partial charge in [0, 0.05) is 11.3 Å². The van der Waals surface area contributed by atoms with Crippen molar-refractivity contribution in [1.82, 2.24) is 10.2 Å². The van der Waals surface area contributed by atoms with Crippen LogP contribution < -0.4 is 4.74 Å². The number of rotatable bonds is 6. The van der Waals surface area contributed by atoms with Gasteiger partial charge in [-0.3, -0.25) is 0 Å². The number of hydrogen-bond donors (Lipinski definition) is 0. The standard InChI is InChI=1S/C19H20N2O2S/c1-13(2)15-6-4-14(5-7-15)12-24-19-21-20-18(23-19)16-8-10-17(22-3)11-9-16/h4-11,13H,12H2,1-3H3. The molecule has 0 aliphatic heterocycles. The second-order valence-electron chi connectivity index (χ2n) is 5.79. The van der Waals surface area contributed by atoms with Gasteiger partial charge >= 0.3 is 0 Å². The molecule has 4 nitrogen and oxygen atoms in total. The molecule has 0 radical (unpaired) electrons. The van der Waals surface area contributed by atoms with E-state index in [0.717, 1.165) is 17.1 Å². The minimum absolute atomic E-state index is 0.523. The zero-order valence-corrected chi connectivity index (χ0v) is 14.8. The molecule has 0 saturated heterocycles. The lowest BCUT2D eigenvalue weighted by atomic mass is 10.0. The minimum Gasteiger partial charge on any atom is -0.497 e. The number of nitrogens with zero attached hydrogens (tertiary/aromatic N) is 2. The monoisotopic (exact) mass is 340 g/mol. The Morgan fingerprint density at radius 1 is 1.00 bits per heavy atom. The quantitative estimate of drug-likeness (QED) is 0.580. The highest BCUT2D eigenvalue weighted by Gasteiger charge is 2.09. The van der Waals surface area contributed by atoms with E-state index < -0.39 is 0 Å². The molecule has 0 fully saturated rings. The molecule has 0 unspecified atom stereocenters. The molecule has 0 aliphatic rings. The zero-order valence-electron chi connectivity index (χ0n) is 14.0. The largest absolute Gasteiger partial charge is 0.497 e. The van der Waals surface area contributed by atoms with Crippen molar-refractivity contribution in [2.75, 3.05) is 7.11 Å². The van der Waals surface area contributed by atoms with Crippen LogP contribution >= 0.6 is 11.8 Å². The van der Waals surface area contributed by atoms with E-state index in [4.69, 9.17) is 9.15 Å². The van der Waals surface area contributed by atoms with Crippen LogP contribution in [-0.2, 0) is 5.75 Å². The lowest BCUT2D eigenvalue weighted by Crippen LogP contribution is -1.88. The molecular formula is C19H20N2O2S. The predicted octanol–water partition coefficient (Wildman–Crippen LogP) is 5.16. The summed E-state index contributed by atoms with van der Waals surface area (Å²) in [5.41, 5.74) is 3.48. The Bertz CT molecular complexity index is 780. The van der Waals surface area contributed by atoms with E-state index >= 15 is 0 Å². The van der Waals surface area contributed by atoms with Crippen molar-refractivity contribution in [3.8, 4) is 17.2 Å². The topological polar surface area (TPSA) is 48.2 Å². The van der Waals surface area contributed by atoms with Crippen LogP contribution in [0.15, 0.2) is 58.2 Å².